The second kappa shape index (κ2) is 6.35. The summed E-state index contributed by atoms with van der Waals surface area (Å²) in [6, 6.07) is 2.13. The van der Waals surface area contributed by atoms with Gasteiger partial charge in [-0.15, -0.1) is 11.3 Å². The van der Waals surface area contributed by atoms with Crippen LogP contribution in [0, 0.1) is 0 Å². The lowest BCUT2D eigenvalue weighted by Crippen LogP contribution is -2.43. The van der Waals surface area contributed by atoms with Crippen molar-refractivity contribution in [3.05, 3.63) is 20.3 Å². The summed E-state index contributed by atoms with van der Waals surface area (Å²) in [6.45, 7) is 2.44. The van der Waals surface area contributed by atoms with Gasteiger partial charge in [-0.3, -0.25) is 9.69 Å². The summed E-state index contributed by atoms with van der Waals surface area (Å²) in [4.78, 5) is 14.3. The lowest BCUT2D eigenvalue weighted by molar-refractivity contribution is 0.0904. The Morgan fingerprint density at radius 3 is 2.72 bits per heavy atom. The lowest BCUT2D eigenvalue weighted by atomic mass is 10.0. The molecule has 1 aromatic heterocycles. The Balaban J connectivity index is 1.96. The van der Waals surface area contributed by atoms with Gasteiger partial charge in [0.15, 0.2) is 5.78 Å². The molecule has 1 aromatic rings. The molecule has 0 atom stereocenters. The number of ketones is 1. The van der Waals surface area contributed by atoms with Crippen molar-refractivity contribution in [2.75, 3.05) is 26.7 Å². The summed E-state index contributed by atoms with van der Waals surface area (Å²) < 4.78 is 1.05. The molecule has 100 valence electrons. The van der Waals surface area contributed by atoms with Gasteiger partial charge in [0.05, 0.1) is 16.4 Å². The molecule has 0 amide bonds. The summed E-state index contributed by atoms with van der Waals surface area (Å²) >= 11 is 13.1. The van der Waals surface area contributed by atoms with Crippen LogP contribution in [0.25, 0.3) is 0 Å². The van der Waals surface area contributed by atoms with Gasteiger partial charge in [0.1, 0.15) is 4.34 Å². The van der Waals surface area contributed by atoms with E-state index in [4.69, 9.17) is 23.2 Å². The Bertz CT molecular complexity index is 430. The fourth-order valence-corrected chi connectivity index (χ4v) is 3.72. The highest BCUT2D eigenvalue weighted by Crippen LogP contribution is 2.31. The molecule has 0 aliphatic carbocycles. The van der Waals surface area contributed by atoms with Gasteiger partial charge in [0.25, 0.3) is 0 Å². The zero-order chi connectivity index (χ0) is 13.1. The molecule has 18 heavy (non-hydrogen) atoms. The van der Waals surface area contributed by atoms with Crippen molar-refractivity contribution in [2.45, 2.75) is 18.9 Å². The van der Waals surface area contributed by atoms with E-state index in [1.807, 2.05) is 7.05 Å². The number of carbonyl (C=O) groups excluding carboxylic acids is 1. The van der Waals surface area contributed by atoms with Crippen LogP contribution in [-0.2, 0) is 0 Å². The molecule has 0 spiro atoms. The Morgan fingerprint density at radius 1 is 1.50 bits per heavy atom. The Morgan fingerprint density at radius 2 is 2.17 bits per heavy atom. The molecule has 0 unspecified atom stereocenters. The number of nitrogens with one attached hydrogen (secondary N) is 1. The van der Waals surface area contributed by atoms with Crippen LogP contribution < -0.4 is 5.32 Å². The van der Waals surface area contributed by atoms with Crippen molar-refractivity contribution in [1.29, 1.82) is 0 Å². The van der Waals surface area contributed by atoms with Crippen LogP contribution in [0.15, 0.2) is 6.07 Å². The summed E-state index contributed by atoms with van der Waals surface area (Å²) in [6.07, 6.45) is 2.17. The van der Waals surface area contributed by atoms with Gasteiger partial charge in [0.2, 0.25) is 0 Å². The van der Waals surface area contributed by atoms with Gasteiger partial charge < -0.3 is 5.32 Å². The number of thiophene rings is 1. The first-order valence-electron chi connectivity index (χ1n) is 5.97. The van der Waals surface area contributed by atoms with Crippen LogP contribution in [0.5, 0.6) is 0 Å². The topological polar surface area (TPSA) is 32.3 Å². The predicted octanol–water partition coefficient (Wildman–Crippen LogP) is 2.92. The number of carbonyl (C=O) groups is 1. The van der Waals surface area contributed by atoms with Crippen molar-refractivity contribution >= 4 is 40.3 Å². The van der Waals surface area contributed by atoms with Crippen LogP contribution in [0.1, 0.15) is 23.2 Å². The number of piperidine rings is 1. The summed E-state index contributed by atoms with van der Waals surface area (Å²) in [5.41, 5.74) is 0.549. The third kappa shape index (κ3) is 3.45. The number of Topliss-reactive ketones (excluding diaryl/α,β-unsaturated/α-hetero) is 1. The number of hydrogen-bond donors (Lipinski definition) is 1. The Hall–Kier alpha value is -0.130. The first kappa shape index (κ1) is 14.3. The molecule has 1 saturated heterocycles. The fraction of sp³-hybridized carbons (Fsp3) is 0.583. The molecule has 0 radical (unpaired) electrons. The minimum Gasteiger partial charge on any atom is -0.317 e. The van der Waals surface area contributed by atoms with Crippen LogP contribution in [0.2, 0.25) is 8.67 Å². The Kier molecular flexibility index (Phi) is 5.04. The normalized spacial score (nSPS) is 17.3. The first-order valence-corrected chi connectivity index (χ1v) is 7.54. The molecule has 3 nitrogen and oxygen atoms in total. The molecule has 1 N–H and O–H groups in total. The summed E-state index contributed by atoms with van der Waals surface area (Å²) in [7, 11) is 2.00. The minimum absolute atomic E-state index is 0.0455. The molecule has 1 fully saturated rings. The van der Waals surface area contributed by atoms with Crippen molar-refractivity contribution < 1.29 is 4.79 Å². The number of hydrogen-bond acceptors (Lipinski definition) is 4. The SMILES string of the molecule is CN(CC(=O)c1cc(Cl)sc1Cl)C1CCNCC1. The summed E-state index contributed by atoms with van der Waals surface area (Å²) in [5.74, 6) is 0.0455. The van der Waals surface area contributed by atoms with Crippen LogP contribution in [0.4, 0.5) is 0 Å². The van der Waals surface area contributed by atoms with E-state index in [9.17, 15) is 4.79 Å². The van der Waals surface area contributed by atoms with E-state index in [0.717, 1.165) is 25.9 Å². The van der Waals surface area contributed by atoms with Gasteiger partial charge in [-0.05, 0) is 39.0 Å². The second-order valence-corrected chi connectivity index (χ2v) is 6.84. The van der Waals surface area contributed by atoms with Crippen LogP contribution >= 0.6 is 34.5 Å². The highest BCUT2D eigenvalue weighted by molar-refractivity contribution is 7.20. The van der Waals surface area contributed by atoms with E-state index in [0.29, 0.717) is 26.8 Å². The largest absolute Gasteiger partial charge is 0.317 e. The number of rotatable bonds is 4. The molecule has 1 aliphatic heterocycles. The second-order valence-electron chi connectivity index (χ2n) is 4.56. The van der Waals surface area contributed by atoms with Gasteiger partial charge in [-0.2, -0.15) is 0 Å². The minimum atomic E-state index is 0.0455. The molecule has 0 saturated carbocycles. The predicted molar refractivity (Wildman–Crippen MR) is 77.2 cm³/mol. The van der Waals surface area contributed by atoms with E-state index in [1.165, 1.54) is 11.3 Å². The van der Waals surface area contributed by atoms with Gasteiger partial charge in [-0.25, -0.2) is 0 Å². The number of nitrogens with zero attached hydrogens (tertiary/aromatic N) is 1. The summed E-state index contributed by atoms with van der Waals surface area (Å²) in [5, 5.41) is 3.32. The third-order valence-corrected chi connectivity index (χ3v) is 4.77. The molecular formula is C12H16Cl2N2OS. The monoisotopic (exact) mass is 306 g/mol. The van der Waals surface area contributed by atoms with Crippen LogP contribution in [-0.4, -0.2) is 43.4 Å². The van der Waals surface area contributed by atoms with Crippen molar-refractivity contribution in [3.8, 4) is 0 Å². The average Bonchev–Trinajstić information content (AvgIpc) is 2.69. The molecule has 0 aromatic carbocycles. The van der Waals surface area contributed by atoms with Crippen LogP contribution in [0.3, 0.4) is 0 Å². The smallest absolute Gasteiger partial charge is 0.179 e. The maximum absolute atomic E-state index is 12.1. The molecule has 6 heteroatoms. The fourth-order valence-electron chi connectivity index (χ4n) is 2.22. The molecule has 1 aliphatic rings. The van der Waals surface area contributed by atoms with Crippen molar-refractivity contribution in [3.63, 3.8) is 0 Å². The molecule has 2 heterocycles. The Labute approximate surface area is 121 Å². The zero-order valence-electron chi connectivity index (χ0n) is 10.2. The van der Waals surface area contributed by atoms with Gasteiger partial charge in [-0.1, -0.05) is 23.2 Å². The maximum atomic E-state index is 12.1. The van der Waals surface area contributed by atoms with Gasteiger partial charge >= 0.3 is 0 Å². The standard InChI is InChI=1S/C12H16Cl2N2OS/c1-16(8-2-4-15-5-3-8)7-10(17)9-6-11(13)18-12(9)14/h6,8,15H,2-5,7H2,1H3. The number of halogens is 2. The van der Waals surface area contributed by atoms with E-state index in [-0.39, 0.29) is 5.78 Å². The van der Waals surface area contributed by atoms with E-state index < -0.39 is 0 Å². The van der Waals surface area contributed by atoms with Crippen molar-refractivity contribution in [2.24, 2.45) is 0 Å². The van der Waals surface area contributed by atoms with E-state index in [1.54, 1.807) is 6.07 Å². The van der Waals surface area contributed by atoms with E-state index in [2.05, 4.69) is 10.2 Å². The quantitative estimate of drug-likeness (QED) is 0.868. The third-order valence-electron chi connectivity index (χ3n) is 3.28. The number of likely N-dealkylation sites (N-methyl/N-ethyl adjacent to an activating group) is 1. The highest BCUT2D eigenvalue weighted by Gasteiger charge is 2.22. The highest BCUT2D eigenvalue weighted by atomic mass is 35.5. The zero-order valence-corrected chi connectivity index (χ0v) is 12.5. The van der Waals surface area contributed by atoms with Gasteiger partial charge in [0, 0.05) is 6.04 Å². The first-order chi connectivity index (χ1) is 8.58. The molecular weight excluding hydrogens is 291 g/mol. The van der Waals surface area contributed by atoms with E-state index >= 15 is 0 Å². The lowest BCUT2D eigenvalue weighted by Gasteiger charge is -2.31. The average molecular weight is 307 g/mol. The maximum Gasteiger partial charge on any atom is 0.179 e. The van der Waals surface area contributed by atoms with Crippen molar-refractivity contribution in [1.82, 2.24) is 10.2 Å². The molecule has 0 bridgehead atoms. The molecule has 2 rings (SSSR count).